The number of hydrazone groups is 1. The van der Waals surface area contributed by atoms with E-state index in [1.165, 1.54) is 6.33 Å². The number of anilines is 2. The Morgan fingerprint density at radius 1 is 1.24 bits per heavy atom. The molecule has 0 amide bonds. The molecule has 0 fully saturated rings. The average Bonchev–Trinajstić information content (AvgIpc) is 3.41. The van der Waals surface area contributed by atoms with Gasteiger partial charge in [-0.05, 0) is 44.0 Å². The van der Waals surface area contributed by atoms with E-state index in [0.29, 0.717) is 46.8 Å². The van der Waals surface area contributed by atoms with E-state index in [2.05, 4.69) is 35.3 Å². The maximum atomic E-state index is 11.1. The highest BCUT2D eigenvalue weighted by atomic mass is 35.5. The molecule has 194 valence electrons. The van der Waals surface area contributed by atoms with E-state index in [0.717, 1.165) is 16.3 Å². The Morgan fingerprint density at radius 2 is 2.03 bits per heavy atom. The van der Waals surface area contributed by atoms with E-state index in [1.807, 2.05) is 51.5 Å². The van der Waals surface area contributed by atoms with Crippen molar-refractivity contribution in [2.45, 2.75) is 13.5 Å². The third kappa shape index (κ3) is 6.94. The SMILES string of the molecule is C/C=N\N(C)c1cc2c(NCc3ccc(OC)c(Cl)c3)nnc(-n3cnc(C=O)c3)c2cn1.CNSC. The summed E-state index contributed by atoms with van der Waals surface area (Å²) < 4.78 is 9.70. The summed E-state index contributed by atoms with van der Waals surface area (Å²) in [5.74, 6) is 2.31. The number of hydrogen-bond acceptors (Lipinski definition) is 11. The van der Waals surface area contributed by atoms with Gasteiger partial charge in [-0.3, -0.25) is 19.1 Å². The van der Waals surface area contributed by atoms with Gasteiger partial charge in [-0.2, -0.15) is 5.10 Å². The number of aldehydes is 1. The molecule has 0 bridgehead atoms. The number of aromatic nitrogens is 5. The van der Waals surface area contributed by atoms with Gasteiger partial charge in [-0.25, -0.2) is 9.97 Å². The second kappa shape index (κ2) is 13.5. The number of ether oxygens (including phenoxy) is 1. The van der Waals surface area contributed by atoms with E-state index in [4.69, 9.17) is 16.3 Å². The minimum Gasteiger partial charge on any atom is -0.495 e. The largest absolute Gasteiger partial charge is 0.495 e. The Bertz CT molecular complexity index is 1380. The molecule has 37 heavy (non-hydrogen) atoms. The molecule has 13 heteroatoms. The van der Waals surface area contributed by atoms with Crippen LogP contribution in [0.1, 0.15) is 23.0 Å². The Morgan fingerprint density at radius 3 is 2.65 bits per heavy atom. The number of methoxy groups -OCH3 is 1. The van der Waals surface area contributed by atoms with Gasteiger partial charge in [-0.15, -0.1) is 10.2 Å². The predicted octanol–water partition coefficient (Wildman–Crippen LogP) is 4.22. The summed E-state index contributed by atoms with van der Waals surface area (Å²) in [6.45, 7) is 2.30. The van der Waals surface area contributed by atoms with Crippen LogP contribution in [0, 0.1) is 0 Å². The fraction of sp³-hybridized carbons (Fsp3) is 0.250. The molecular weight excluding hydrogens is 514 g/mol. The molecule has 0 saturated carbocycles. The van der Waals surface area contributed by atoms with Gasteiger partial charge in [-0.1, -0.05) is 29.6 Å². The van der Waals surface area contributed by atoms with Gasteiger partial charge in [0.1, 0.15) is 23.6 Å². The van der Waals surface area contributed by atoms with Crippen LogP contribution in [0.3, 0.4) is 0 Å². The Labute approximate surface area is 224 Å². The minimum absolute atomic E-state index is 0.296. The number of pyridine rings is 1. The second-order valence-electron chi connectivity index (χ2n) is 7.41. The maximum Gasteiger partial charge on any atom is 0.170 e. The Kier molecular flexibility index (Phi) is 10.2. The molecule has 1 aromatic carbocycles. The summed E-state index contributed by atoms with van der Waals surface area (Å²) in [4.78, 5) is 19.6. The molecular formula is C24H28ClN9O2S. The lowest BCUT2D eigenvalue weighted by Gasteiger charge is -2.15. The van der Waals surface area contributed by atoms with Crippen LogP contribution in [-0.2, 0) is 6.54 Å². The summed E-state index contributed by atoms with van der Waals surface area (Å²) in [6, 6.07) is 7.45. The first-order valence-electron chi connectivity index (χ1n) is 11.1. The zero-order valence-corrected chi connectivity index (χ0v) is 22.7. The van der Waals surface area contributed by atoms with Gasteiger partial charge in [0.15, 0.2) is 17.9 Å². The zero-order chi connectivity index (χ0) is 26.8. The van der Waals surface area contributed by atoms with Crippen molar-refractivity contribution in [2.24, 2.45) is 5.10 Å². The van der Waals surface area contributed by atoms with Crippen molar-refractivity contribution in [2.75, 3.05) is 37.8 Å². The maximum absolute atomic E-state index is 11.1. The van der Waals surface area contributed by atoms with Gasteiger partial charge in [0.25, 0.3) is 0 Å². The number of nitrogens with zero attached hydrogens (tertiary/aromatic N) is 7. The molecule has 0 spiro atoms. The standard InChI is InChI=1S/C22H21ClN8O2.C2H7NS/c1-4-27-30(2)20-8-16-17(10-24-20)22(31-11-15(12-32)26-13-31)29-28-21(16)25-9-14-5-6-19(33-3)18(23)7-14;1-3-4-2/h4-8,10-13H,9H2,1-3H3,(H,25,28);3H,1-2H3/b27-4-;. The van der Waals surface area contributed by atoms with E-state index in [-0.39, 0.29) is 0 Å². The molecule has 3 heterocycles. The van der Waals surface area contributed by atoms with Gasteiger partial charge in [0, 0.05) is 43.0 Å². The van der Waals surface area contributed by atoms with Crippen LogP contribution in [-0.4, -0.2) is 64.7 Å². The molecule has 0 atom stereocenters. The first kappa shape index (κ1) is 27.8. The Balaban J connectivity index is 0.000000886. The summed E-state index contributed by atoms with van der Waals surface area (Å²) in [5, 5.41) is 20.0. The molecule has 11 nitrogen and oxygen atoms in total. The molecule has 0 radical (unpaired) electrons. The summed E-state index contributed by atoms with van der Waals surface area (Å²) in [7, 11) is 5.28. The topological polar surface area (TPSA) is 122 Å². The van der Waals surface area contributed by atoms with Crippen molar-refractivity contribution in [1.29, 1.82) is 0 Å². The molecule has 0 aliphatic carbocycles. The second-order valence-corrected chi connectivity index (χ2v) is 8.64. The number of carbonyl (C=O) groups excluding carboxylic acids is 1. The Hall–Kier alpha value is -3.74. The van der Waals surface area contributed by atoms with Crippen molar-refractivity contribution in [3.8, 4) is 11.6 Å². The smallest absolute Gasteiger partial charge is 0.170 e. The first-order valence-corrected chi connectivity index (χ1v) is 12.7. The lowest BCUT2D eigenvalue weighted by Crippen LogP contribution is -2.11. The fourth-order valence-corrected chi connectivity index (χ4v) is 3.55. The number of carbonyl (C=O) groups is 1. The summed E-state index contributed by atoms with van der Waals surface area (Å²) in [6.07, 6.45) is 9.15. The number of benzene rings is 1. The van der Waals surface area contributed by atoms with E-state index in [1.54, 1.807) is 47.2 Å². The molecule has 0 aliphatic heterocycles. The molecule has 4 aromatic rings. The molecule has 3 aromatic heterocycles. The summed E-state index contributed by atoms with van der Waals surface area (Å²) in [5.41, 5.74) is 1.25. The number of rotatable bonds is 9. The molecule has 0 unspecified atom stereocenters. The van der Waals surface area contributed by atoms with Gasteiger partial charge in [0.2, 0.25) is 0 Å². The van der Waals surface area contributed by atoms with Crippen LogP contribution >= 0.6 is 23.5 Å². The number of halogens is 1. The zero-order valence-electron chi connectivity index (χ0n) is 21.1. The average molecular weight is 542 g/mol. The van der Waals surface area contributed by atoms with E-state index in [9.17, 15) is 4.79 Å². The van der Waals surface area contributed by atoms with Crippen LogP contribution in [0.25, 0.3) is 16.6 Å². The highest BCUT2D eigenvalue weighted by Gasteiger charge is 2.15. The van der Waals surface area contributed by atoms with E-state index < -0.39 is 0 Å². The van der Waals surface area contributed by atoms with Crippen molar-refractivity contribution < 1.29 is 9.53 Å². The monoisotopic (exact) mass is 541 g/mol. The van der Waals surface area contributed by atoms with Gasteiger partial charge >= 0.3 is 0 Å². The third-order valence-corrected chi connectivity index (χ3v) is 5.80. The normalized spacial score (nSPS) is 10.8. The molecule has 0 saturated heterocycles. The van der Waals surface area contributed by atoms with Crippen LogP contribution in [0.2, 0.25) is 5.02 Å². The number of hydrogen-bond donors (Lipinski definition) is 2. The van der Waals surface area contributed by atoms with Crippen LogP contribution in [0.15, 0.2) is 48.1 Å². The van der Waals surface area contributed by atoms with Crippen molar-refractivity contribution in [1.82, 2.24) is 29.5 Å². The van der Waals surface area contributed by atoms with Crippen molar-refractivity contribution >= 4 is 58.5 Å². The molecule has 2 N–H and O–H groups in total. The number of fused-ring (bicyclic) bond motifs is 1. The first-order chi connectivity index (χ1) is 17.9. The third-order valence-electron chi connectivity index (χ3n) is 5.10. The van der Waals surface area contributed by atoms with E-state index >= 15 is 0 Å². The lowest BCUT2D eigenvalue weighted by molar-refractivity contribution is 0.111. The summed E-state index contributed by atoms with van der Waals surface area (Å²) >= 11 is 7.86. The fourth-order valence-electron chi connectivity index (χ4n) is 3.27. The van der Waals surface area contributed by atoms with Gasteiger partial charge < -0.3 is 10.1 Å². The highest BCUT2D eigenvalue weighted by Crippen LogP contribution is 2.29. The van der Waals surface area contributed by atoms with Crippen LogP contribution in [0.5, 0.6) is 5.75 Å². The van der Waals surface area contributed by atoms with Crippen LogP contribution < -0.4 is 19.8 Å². The van der Waals surface area contributed by atoms with Crippen LogP contribution in [0.4, 0.5) is 11.6 Å². The molecule has 4 rings (SSSR count). The lowest BCUT2D eigenvalue weighted by atomic mass is 10.2. The molecule has 0 aliphatic rings. The van der Waals surface area contributed by atoms with Crippen molar-refractivity contribution in [3.63, 3.8) is 0 Å². The van der Waals surface area contributed by atoms with Gasteiger partial charge in [0.05, 0.1) is 12.1 Å². The highest BCUT2D eigenvalue weighted by molar-refractivity contribution is 7.96. The number of imidazole rings is 1. The minimum atomic E-state index is 0.296. The quantitative estimate of drug-likeness (QED) is 0.138. The predicted molar refractivity (Wildman–Crippen MR) is 150 cm³/mol. The van der Waals surface area contributed by atoms with Crippen molar-refractivity contribution in [3.05, 3.63) is 59.3 Å². The number of nitrogens with one attached hydrogen (secondary N) is 2.